The van der Waals surface area contributed by atoms with Crippen LogP contribution in [0.4, 0.5) is 16.3 Å². The average molecular weight is 374 g/mol. The van der Waals surface area contributed by atoms with E-state index < -0.39 is 6.09 Å². The van der Waals surface area contributed by atoms with E-state index >= 15 is 0 Å². The second-order valence-corrected chi connectivity index (χ2v) is 6.35. The molecule has 0 unspecified atom stereocenters. The number of aromatic nitrogens is 4. The normalized spacial score (nSPS) is 10.6. The third-order valence-electron chi connectivity index (χ3n) is 4.03. The molecule has 1 amide bonds. The maximum atomic E-state index is 11.7. The molecule has 0 saturated heterocycles. The summed E-state index contributed by atoms with van der Waals surface area (Å²) in [4.78, 5) is 22.0. The fraction of sp³-hybridized carbons (Fsp3) is 0.100. The number of amides is 1. The van der Waals surface area contributed by atoms with Gasteiger partial charge in [0.05, 0.1) is 11.7 Å². The van der Waals surface area contributed by atoms with Crippen LogP contribution in [-0.2, 0) is 0 Å². The highest BCUT2D eigenvalue weighted by molar-refractivity contribution is 5.82. The van der Waals surface area contributed by atoms with E-state index in [0.717, 1.165) is 22.2 Å². The third kappa shape index (κ3) is 3.75. The summed E-state index contributed by atoms with van der Waals surface area (Å²) in [6.45, 7) is 0. The number of benzene rings is 2. The van der Waals surface area contributed by atoms with Crippen molar-refractivity contribution in [2.75, 3.05) is 19.4 Å². The van der Waals surface area contributed by atoms with Crippen LogP contribution < -0.4 is 10.1 Å². The number of H-pyrrole nitrogens is 1. The number of aromatic amines is 1. The number of rotatable bonds is 4. The van der Waals surface area contributed by atoms with Crippen molar-refractivity contribution in [1.29, 1.82) is 0 Å². The molecular weight excluding hydrogens is 356 g/mol. The summed E-state index contributed by atoms with van der Waals surface area (Å²) in [7, 11) is 3.26. The van der Waals surface area contributed by atoms with Gasteiger partial charge in [-0.3, -0.25) is 5.10 Å². The highest BCUT2D eigenvalue weighted by atomic mass is 16.6. The van der Waals surface area contributed by atoms with Gasteiger partial charge in [-0.05, 0) is 36.4 Å². The molecule has 2 aromatic heterocycles. The molecular formula is C20H18N6O2. The zero-order valence-corrected chi connectivity index (χ0v) is 15.4. The molecule has 140 valence electrons. The molecule has 0 aliphatic heterocycles. The lowest BCUT2D eigenvalue weighted by atomic mass is 10.2. The highest BCUT2D eigenvalue weighted by Gasteiger charge is 2.09. The van der Waals surface area contributed by atoms with E-state index in [1.807, 2.05) is 24.3 Å². The monoisotopic (exact) mass is 374 g/mol. The number of fused-ring (bicyclic) bond motifs is 1. The van der Waals surface area contributed by atoms with Gasteiger partial charge in [0.2, 0.25) is 0 Å². The first-order valence-corrected chi connectivity index (χ1v) is 8.61. The van der Waals surface area contributed by atoms with Crippen LogP contribution in [0.1, 0.15) is 0 Å². The summed E-state index contributed by atoms with van der Waals surface area (Å²) in [6.07, 6.45) is 3.01. The van der Waals surface area contributed by atoms with Crippen LogP contribution in [0.15, 0.2) is 60.9 Å². The second kappa shape index (κ2) is 7.36. The van der Waals surface area contributed by atoms with E-state index in [1.165, 1.54) is 4.90 Å². The van der Waals surface area contributed by atoms with Crippen LogP contribution >= 0.6 is 0 Å². The molecule has 0 saturated carbocycles. The Bertz CT molecular complexity index is 1140. The number of nitrogens with one attached hydrogen (secondary N) is 2. The molecule has 0 aliphatic rings. The second-order valence-electron chi connectivity index (χ2n) is 6.35. The van der Waals surface area contributed by atoms with Crippen LogP contribution in [0.5, 0.6) is 5.75 Å². The first kappa shape index (κ1) is 17.5. The Kier molecular flexibility index (Phi) is 4.59. The summed E-state index contributed by atoms with van der Waals surface area (Å²) < 4.78 is 5.30. The van der Waals surface area contributed by atoms with Crippen molar-refractivity contribution in [2.24, 2.45) is 0 Å². The lowest BCUT2D eigenvalue weighted by Crippen LogP contribution is -2.25. The Hall–Kier alpha value is -3.94. The highest BCUT2D eigenvalue weighted by Crippen LogP contribution is 2.24. The minimum Gasteiger partial charge on any atom is -0.410 e. The molecule has 28 heavy (non-hydrogen) atoms. The molecule has 0 aliphatic carbocycles. The van der Waals surface area contributed by atoms with Gasteiger partial charge < -0.3 is 15.0 Å². The van der Waals surface area contributed by atoms with E-state index in [-0.39, 0.29) is 0 Å². The Morgan fingerprint density at radius 1 is 1.14 bits per heavy atom. The molecule has 0 spiro atoms. The predicted molar refractivity (Wildman–Crippen MR) is 107 cm³/mol. The lowest BCUT2D eigenvalue weighted by molar-refractivity contribution is 0.172. The minimum absolute atomic E-state index is 0.434. The molecule has 8 nitrogen and oxygen atoms in total. The first-order chi connectivity index (χ1) is 13.6. The molecule has 2 aromatic carbocycles. The molecule has 0 atom stereocenters. The van der Waals surface area contributed by atoms with Crippen molar-refractivity contribution in [3.05, 3.63) is 60.9 Å². The molecule has 8 heteroatoms. The molecule has 0 fully saturated rings. The van der Waals surface area contributed by atoms with Gasteiger partial charge in [-0.1, -0.05) is 12.1 Å². The quantitative estimate of drug-likeness (QED) is 0.564. The van der Waals surface area contributed by atoms with Gasteiger partial charge in [0.25, 0.3) is 0 Å². The van der Waals surface area contributed by atoms with Gasteiger partial charge in [0.15, 0.2) is 5.82 Å². The molecule has 2 heterocycles. The summed E-state index contributed by atoms with van der Waals surface area (Å²) in [5.41, 5.74) is 2.61. The van der Waals surface area contributed by atoms with Gasteiger partial charge in [-0.2, -0.15) is 5.10 Å². The lowest BCUT2D eigenvalue weighted by Gasteiger charge is -2.11. The topological polar surface area (TPSA) is 96.0 Å². The fourth-order valence-corrected chi connectivity index (χ4v) is 2.63. The van der Waals surface area contributed by atoms with Crippen molar-refractivity contribution in [2.45, 2.75) is 0 Å². The SMILES string of the molecule is CN(C)C(=O)Oc1cccc(-c2nccc(Nc3ccc4[nH]ncc4c3)n2)c1. The maximum Gasteiger partial charge on any atom is 0.414 e. The largest absolute Gasteiger partial charge is 0.414 e. The van der Waals surface area contributed by atoms with Crippen LogP contribution in [0, 0.1) is 0 Å². The minimum atomic E-state index is -0.442. The maximum absolute atomic E-state index is 11.7. The number of carbonyl (C=O) groups is 1. The zero-order valence-electron chi connectivity index (χ0n) is 15.4. The van der Waals surface area contributed by atoms with Crippen molar-refractivity contribution in [3.8, 4) is 17.1 Å². The number of anilines is 2. The molecule has 0 radical (unpaired) electrons. The van der Waals surface area contributed by atoms with E-state index in [0.29, 0.717) is 17.4 Å². The van der Waals surface area contributed by atoms with Crippen molar-refractivity contribution in [1.82, 2.24) is 25.1 Å². The number of hydrogen-bond acceptors (Lipinski definition) is 6. The van der Waals surface area contributed by atoms with Gasteiger partial charge in [-0.15, -0.1) is 0 Å². The van der Waals surface area contributed by atoms with Gasteiger partial charge in [-0.25, -0.2) is 14.8 Å². The molecule has 2 N–H and O–H groups in total. The third-order valence-corrected chi connectivity index (χ3v) is 4.03. The number of nitrogens with zero attached hydrogens (tertiary/aromatic N) is 4. The Morgan fingerprint density at radius 2 is 2.04 bits per heavy atom. The summed E-state index contributed by atoms with van der Waals surface area (Å²) in [5, 5.41) is 11.2. The van der Waals surface area contributed by atoms with E-state index in [2.05, 4.69) is 25.5 Å². The van der Waals surface area contributed by atoms with Gasteiger partial charge in [0, 0.05) is 36.9 Å². The van der Waals surface area contributed by atoms with Crippen molar-refractivity contribution >= 4 is 28.5 Å². The average Bonchev–Trinajstić information content (AvgIpc) is 3.16. The van der Waals surface area contributed by atoms with Crippen LogP contribution in [0.2, 0.25) is 0 Å². The molecule has 4 rings (SSSR count). The Labute approximate surface area is 161 Å². The fourth-order valence-electron chi connectivity index (χ4n) is 2.63. The first-order valence-electron chi connectivity index (χ1n) is 8.61. The summed E-state index contributed by atoms with van der Waals surface area (Å²) >= 11 is 0. The van der Waals surface area contributed by atoms with Crippen LogP contribution in [0.3, 0.4) is 0 Å². The smallest absolute Gasteiger partial charge is 0.410 e. The Morgan fingerprint density at radius 3 is 2.89 bits per heavy atom. The summed E-state index contributed by atoms with van der Waals surface area (Å²) in [5.74, 6) is 1.62. The van der Waals surface area contributed by atoms with E-state index in [9.17, 15) is 4.79 Å². The van der Waals surface area contributed by atoms with E-state index in [4.69, 9.17) is 4.74 Å². The van der Waals surface area contributed by atoms with Crippen LogP contribution in [-0.4, -0.2) is 45.3 Å². The predicted octanol–water partition coefficient (Wildman–Crippen LogP) is 3.82. The number of ether oxygens (including phenoxy) is 1. The van der Waals surface area contributed by atoms with Gasteiger partial charge >= 0.3 is 6.09 Å². The zero-order chi connectivity index (χ0) is 19.5. The van der Waals surface area contributed by atoms with Crippen LogP contribution in [0.25, 0.3) is 22.3 Å². The van der Waals surface area contributed by atoms with Crippen molar-refractivity contribution < 1.29 is 9.53 Å². The van der Waals surface area contributed by atoms with E-state index in [1.54, 1.807) is 50.8 Å². The molecule has 0 bridgehead atoms. The number of hydrogen-bond donors (Lipinski definition) is 2. The number of carbonyl (C=O) groups excluding carboxylic acids is 1. The standard InChI is InChI=1S/C20H18N6O2/c1-26(2)20(27)28-16-5-3-4-13(11-16)19-21-9-8-18(24-19)23-15-6-7-17-14(10-15)12-22-25-17/h3-12H,1-2H3,(H,22,25)(H,21,23,24). The molecule has 4 aromatic rings. The Balaban J connectivity index is 1.57. The summed E-state index contributed by atoms with van der Waals surface area (Å²) in [6, 6.07) is 14.8. The van der Waals surface area contributed by atoms with Gasteiger partial charge in [0.1, 0.15) is 11.6 Å². The van der Waals surface area contributed by atoms with Crippen molar-refractivity contribution in [3.63, 3.8) is 0 Å².